The summed E-state index contributed by atoms with van der Waals surface area (Å²) in [6.45, 7) is 8.68. The van der Waals surface area contributed by atoms with Crippen LogP contribution in [0.2, 0.25) is 0 Å². The average Bonchev–Trinajstić information content (AvgIpc) is 2.72. The van der Waals surface area contributed by atoms with E-state index in [2.05, 4.69) is 36.3 Å². The van der Waals surface area contributed by atoms with E-state index in [1.54, 1.807) is 13.0 Å². The zero-order valence-electron chi connectivity index (χ0n) is 19.8. The molecule has 0 spiro atoms. The highest BCUT2D eigenvalue weighted by Gasteiger charge is 2.47. The minimum atomic E-state index is -0.576. The molecule has 2 amide bonds. The molecule has 0 saturated heterocycles. The van der Waals surface area contributed by atoms with Gasteiger partial charge in [0.15, 0.2) is 5.69 Å². The molecule has 0 aliphatic heterocycles. The Morgan fingerprint density at radius 1 is 1.16 bits per heavy atom. The molecule has 6 nitrogen and oxygen atoms in total. The Kier molecular flexibility index (Phi) is 6.91. The van der Waals surface area contributed by atoms with E-state index < -0.39 is 11.3 Å². The highest BCUT2D eigenvalue weighted by molar-refractivity contribution is 5.95. The lowest BCUT2D eigenvalue weighted by Gasteiger charge is -2.47. The van der Waals surface area contributed by atoms with E-state index in [0.717, 1.165) is 19.3 Å². The van der Waals surface area contributed by atoms with Crippen molar-refractivity contribution in [1.29, 1.82) is 0 Å². The molecule has 0 unspecified atom stereocenters. The van der Waals surface area contributed by atoms with Crippen LogP contribution in [0.3, 0.4) is 0 Å². The molecule has 1 fully saturated rings. The van der Waals surface area contributed by atoms with Crippen molar-refractivity contribution in [3.8, 4) is 5.75 Å². The molecule has 1 aliphatic rings. The van der Waals surface area contributed by atoms with Crippen LogP contribution < -0.4 is 5.32 Å². The third-order valence-corrected chi connectivity index (χ3v) is 6.48. The van der Waals surface area contributed by atoms with E-state index in [4.69, 9.17) is 0 Å². The first-order chi connectivity index (χ1) is 15.0. The smallest absolute Gasteiger partial charge is 0.273 e. The second kappa shape index (κ2) is 9.31. The number of amides is 2. The second-order valence-electron chi connectivity index (χ2n) is 10.3. The van der Waals surface area contributed by atoms with Crippen LogP contribution in [0.25, 0.3) is 0 Å². The Bertz CT molecular complexity index is 974. The van der Waals surface area contributed by atoms with Crippen molar-refractivity contribution in [3.05, 3.63) is 59.4 Å². The molecule has 32 heavy (non-hydrogen) atoms. The van der Waals surface area contributed by atoms with Crippen molar-refractivity contribution in [2.45, 2.75) is 59.4 Å². The molecular formula is C26H35N3O3. The Hall–Kier alpha value is -2.89. The number of pyridine rings is 1. The molecule has 172 valence electrons. The predicted molar refractivity (Wildman–Crippen MR) is 125 cm³/mol. The fraction of sp³-hybridized carbons (Fsp3) is 0.500. The molecule has 1 aliphatic carbocycles. The first-order valence-corrected chi connectivity index (χ1v) is 11.3. The van der Waals surface area contributed by atoms with Gasteiger partial charge in [0.1, 0.15) is 5.75 Å². The highest BCUT2D eigenvalue weighted by Crippen LogP contribution is 2.47. The zero-order chi connectivity index (χ0) is 23.5. The molecule has 6 heteroatoms. The van der Waals surface area contributed by atoms with Crippen LogP contribution >= 0.6 is 0 Å². The largest absolute Gasteiger partial charge is 0.505 e. The summed E-state index contributed by atoms with van der Waals surface area (Å²) in [6.07, 6.45) is 4.41. The van der Waals surface area contributed by atoms with Gasteiger partial charge in [-0.3, -0.25) is 9.59 Å². The molecule has 1 heterocycles. The number of aromatic hydroxyl groups is 1. The molecule has 2 atom stereocenters. The minimum Gasteiger partial charge on any atom is -0.505 e. The third-order valence-electron chi connectivity index (χ3n) is 6.48. The van der Waals surface area contributed by atoms with Gasteiger partial charge < -0.3 is 15.3 Å². The maximum Gasteiger partial charge on any atom is 0.273 e. The van der Waals surface area contributed by atoms with Crippen molar-refractivity contribution in [1.82, 2.24) is 15.2 Å². The van der Waals surface area contributed by atoms with Gasteiger partial charge >= 0.3 is 0 Å². The molecule has 0 radical (unpaired) electrons. The molecule has 1 saturated carbocycles. The summed E-state index contributed by atoms with van der Waals surface area (Å²) < 4.78 is 0. The Balaban J connectivity index is 1.71. The number of carbonyl (C=O) groups is 2. The van der Waals surface area contributed by atoms with Gasteiger partial charge in [0, 0.05) is 31.2 Å². The van der Waals surface area contributed by atoms with Crippen LogP contribution in [-0.2, 0) is 11.2 Å². The summed E-state index contributed by atoms with van der Waals surface area (Å²) in [7, 11) is 1.86. The molecular weight excluding hydrogens is 402 g/mol. The first-order valence-electron chi connectivity index (χ1n) is 11.3. The van der Waals surface area contributed by atoms with Crippen LogP contribution in [0, 0.1) is 17.8 Å². The SMILES string of the molecule is Cc1ccnc(C(=O)N[C@@H]2CC(C)(C)C[C@@](C)(C(=O)N(C)CCc3ccccc3)C2)c1O. The number of nitrogens with zero attached hydrogens (tertiary/aromatic N) is 2. The van der Waals surface area contributed by atoms with Crippen LogP contribution in [0.4, 0.5) is 0 Å². The topological polar surface area (TPSA) is 82.5 Å². The van der Waals surface area contributed by atoms with Gasteiger partial charge in [-0.05, 0) is 55.2 Å². The summed E-state index contributed by atoms with van der Waals surface area (Å²) in [5, 5.41) is 13.3. The lowest BCUT2D eigenvalue weighted by atomic mass is 9.62. The van der Waals surface area contributed by atoms with E-state index in [1.165, 1.54) is 11.8 Å². The van der Waals surface area contributed by atoms with Gasteiger partial charge in [-0.1, -0.05) is 51.1 Å². The monoisotopic (exact) mass is 437 g/mol. The van der Waals surface area contributed by atoms with Crippen LogP contribution in [0.15, 0.2) is 42.6 Å². The van der Waals surface area contributed by atoms with Crippen molar-refractivity contribution in [2.24, 2.45) is 10.8 Å². The van der Waals surface area contributed by atoms with Gasteiger partial charge in [-0.25, -0.2) is 4.98 Å². The normalized spacial score (nSPS) is 22.2. The number of aryl methyl sites for hydroxylation is 1. The van der Waals surface area contributed by atoms with Crippen molar-refractivity contribution in [3.63, 3.8) is 0 Å². The van der Waals surface area contributed by atoms with Gasteiger partial charge in [0.2, 0.25) is 5.91 Å². The number of carbonyl (C=O) groups excluding carboxylic acids is 2. The van der Waals surface area contributed by atoms with Gasteiger partial charge in [0.25, 0.3) is 5.91 Å². The molecule has 3 rings (SSSR count). The number of nitrogens with one attached hydrogen (secondary N) is 1. The van der Waals surface area contributed by atoms with E-state index in [-0.39, 0.29) is 28.8 Å². The fourth-order valence-electron chi connectivity index (χ4n) is 5.22. The molecule has 2 aromatic rings. The molecule has 1 aromatic carbocycles. The number of aromatic nitrogens is 1. The van der Waals surface area contributed by atoms with Crippen LogP contribution in [0.1, 0.15) is 61.6 Å². The maximum atomic E-state index is 13.5. The molecule has 0 bridgehead atoms. The lowest BCUT2D eigenvalue weighted by molar-refractivity contribution is -0.144. The average molecular weight is 438 g/mol. The van der Waals surface area contributed by atoms with Gasteiger partial charge in [0.05, 0.1) is 0 Å². The Labute approximate surface area is 191 Å². The van der Waals surface area contributed by atoms with Crippen molar-refractivity contribution in [2.75, 3.05) is 13.6 Å². The summed E-state index contributed by atoms with van der Waals surface area (Å²) >= 11 is 0. The Morgan fingerprint density at radius 2 is 1.84 bits per heavy atom. The maximum absolute atomic E-state index is 13.5. The summed E-state index contributed by atoms with van der Waals surface area (Å²) in [5.74, 6) is -0.391. The zero-order valence-corrected chi connectivity index (χ0v) is 19.8. The Morgan fingerprint density at radius 3 is 2.53 bits per heavy atom. The first kappa shape index (κ1) is 23.8. The summed E-state index contributed by atoms with van der Waals surface area (Å²) in [5.41, 5.74) is 1.16. The van der Waals surface area contributed by atoms with E-state index in [1.807, 2.05) is 37.1 Å². The third kappa shape index (κ3) is 5.47. The molecule has 1 aromatic heterocycles. The second-order valence-corrected chi connectivity index (χ2v) is 10.3. The number of rotatable bonds is 6. The van der Waals surface area contributed by atoms with E-state index in [9.17, 15) is 14.7 Å². The highest BCUT2D eigenvalue weighted by atomic mass is 16.3. The minimum absolute atomic E-state index is 0.0291. The summed E-state index contributed by atoms with van der Waals surface area (Å²) in [6, 6.07) is 11.6. The molecule has 2 N–H and O–H groups in total. The summed E-state index contributed by atoms with van der Waals surface area (Å²) in [4.78, 5) is 32.2. The van der Waals surface area contributed by atoms with E-state index in [0.29, 0.717) is 18.5 Å². The number of likely N-dealkylation sites (N-methyl/N-ethyl adjacent to an activating group) is 1. The standard InChI is InChI=1S/C26H35N3O3/c1-18-11-13-27-21(22(18)30)23(31)28-20-15-25(2,3)17-26(4,16-20)24(32)29(5)14-12-19-9-7-6-8-10-19/h6-11,13,20,30H,12,14-17H2,1-5H3,(H,28,31)/t20-,26+/m1/s1. The van der Waals surface area contributed by atoms with E-state index >= 15 is 0 Å². The van der Waals surface area contributed by atoms with Gasteiger partial charge in [-0.2, -0.15) is 0 Å². The van der Waals surface area contributed by atoms with Crippen LogP contribution in [0.5, 0.6) is 5.75 Å². The lowest BCUT2D eigenvalue weighted by Crippen LogP contribution is -2.52. The number of hydrogen-bond acceptors (Lipinski definition) is 4. The van der Waals surface area contributed by atoms with Gasteiger partial charge in [-0.15, -0.1) is 0 Å². The number of hydrogen-bond donors (Lipinski definition) is 2. The quantitative estimate of drug-likeness (QED) is 0.712. The number of benzene rings is 1. The fourth-order valence-corrected chi connectivity index (χ4v) is 5.22. The van der Waals surface area contributed by atoms with Crippen molar-refractivity contribution >= 4 is 11.8 Å². The van der Waals surface area contributed by atoms with Crippen LogP contribution in [-0.4, -0.2) is 46.4 Å². The predicted octanol–water partition coefficient (Wildman–Crippen LogP) is 4.11. The van der Waals surface area contributed by atoms with Crippen molar-refractivity contribution < 1.29 is 14.7 Å².